The van der Waals surface area contributed by atoms with E-state index in [0.717, 1.165) is 109 Å². The summed E-state index contributed by atoms with van der Waals surface area (Å²) in [5.74, 6) is -0.223. The third-order valence-electron chi connectivity index (χ3n) is 15.2. The van der Waals surface area contributed by atoms with E-state index in [2.05, 4.69) is 165 Å². The third-order valence-corrected chi connectivity index (χ3v) is 16.2. The molecule has 0 aromatic rings. The van der Waals surface area contributed by atoms with Crippen LogP contribution in [0.5, 0.6) is 0 Å². The predicted molar refractivity (Wildman–Crippen MR) is 387 cm³/mol. The van der Waals surface area contributed by atoms with E-state index >= 15 is 0 Å². The summed E-state index contributed by atoms with van der Waals surface area (Å²) in [6, 6.07) is -0.896. The quantitative estimate of drug-likeness (QED) is 0.0243. The monoisotopic (exact) mass is 1240 g/mol. The first-order valence-corrected chi connectivity index (χ1v) is 37.4. The van der Waals surface area contributed by atoms with E-state index in [1.165, 1.54) is 148 Å². The molecular formula is C79H136N2O6P+. The van der Waals surface area contributed by atoms with Crippen LogP contribution in [0, 0.1) is 0 Å². The fourth-order valence-corrected chi connectivity index (χ4v) is 10.4. The number of rotatable bonds is 64. The van der Waals surface area contributed by atoms with Gasteiger partial charge in [-0.05, 0) is 116 Å². The number of phosphoric acid groups is 1. The van der Waals surface area contributed by atoms with Crippen LogP contribution in [0.2, 0.25) is 0 Å². The minimum absolute atomic E-state index is 0.0409. The number of likely N-dealkylation sites (N-methyl/N-ethyl adjacent to an activating group) is 1. The Hall–Kier alpha value is -3.88. The third kappa shape index (κ3) is 69.6. The molecule has 0 saturated heterocycles. The number of aliphatic hydroxyl groups is 1. The summed E-state index contributed by atoms with van der Waals surface area (Å²) in [5, 5.41) is 14.0. The van der Waals surface area contributed by atoms with Crippen LogP contribution in [-0.4, -0.2) is 73.4 Å². The Morgan fingerprint density at radius 1 is 0.398 bits per heavy atom. The van der Waals surface area contributed by atoms with Gasteiger partial charge in [0.1, 0.15) is 13.2 Å². The lowest BCUT2D eigenvalue weighted by molar-refractivity contribution is -0.870. The summed E-state index contributed by atoms with van der Waals surface area (Å²) in [6.07, 6.45) is 105. The Bertz CT molecular complexity index is 1990. The van der Waals surface area contributed by atoms with Gasteiger partial charge in [0.25, 0.3) is 0 Å². The number of hydrogen-bond donors (Lipinski definition) is 3. The Kier molecular flexibility index (Phi) is 64.5. The number of carbonyl (C=O) groups is 1. The normalized spacial score (nSPS) is 14.6. The van der Waals surface area contributed by atoms with Crippen molar-refractivity contribution < 1.29 is 32.9 Å². The molecule has 502 valence electrons. The van der Waals surface area contributed by atoms with Gasteiger partial charge in [-0.2, -0.15) is 0 Å². The lowest BCUT2D eigenvalue weighted by Crippen LogP contribution is -2.45. The Labute approximate surface area is 543 Å². The minimum atomic E-state index is -4.39. The number of aliphatic hydroxyl groups excluding tert-OH is 1. The summed E-state index contributed by atoms with van der Waals surface area (Å²) in [5.41, 5.74) is 0. The number of hydrogen-bond acceptors (Lipinski definition) is 5. The second-order valence-electron chi connectivity index (χ2n) is 24.9. The van der Waals surface area contributed by atoms with Crippen LogP contribution in [0.15, 0.2) is 158 Å². The zero-order chi connectivity index (χ0) is 64.1. The molecule has 0 aliphatic heterocycles. The number of nitrogens with one attached hydrogen (secondary N) is 1. The van der Waals surface area contributed by atoms with Crippen LogP contribution >= 0.6 is 7.82 Å². The second-order valence-corrected chi connectivity index (χ2v) is 26.3. The van der Waals surface area contributed by atoms with Crippen LogP contribution in [-0.2, 0) is 18.4 Å². The molecule has 3 atom stereocenters. The molecule has 0 saturated carbocycles. The fraction of sp³-hybridized carbons (Fsp3) is 0.658. The van der Waals surface area contributed by atoms with Crippen molar-refractivity contribution in [2.75, 3.05) is 40.9 Å². The molecule has 0 aromatic heterocycles. The zero-order valence-electron chi connectivity index (χ0n) is 57.4. The molecule has 3 unspecified atom stereocenters. The SMILES string of the molecule is CC/C=C\C/C=C\C/C=C\C/C=C\C/C=C\C/C=C\C/C=C\C/C=C\C/C=C\C/C=C\C/C=C\CCCCCC(=O)NC(COP(=O)(O)OCC[N+](C)(C)C)C(O)/C=C/CC/C=C/CCCCCCCCCCCCCCCCCCCCCCCCC. The molecule has 1 amide bonds. The molecule has 0 radical (unpaired) electrons. The molecule has 0 aliphatic carbocycles. The van der Waals surface area contributed by atoms with Gasteiger partial charge >= 0.3 is 7.82 Å². The first kappa shape index (κ1) is 84.1. The van der Waals surface area contributed by atoms with Crippen LogP contribution in [0.4, 0.5) is 0 Å². The molecule has 0 spiro atoms. The van der Waals surface area contributed by atoms with Crippen molar-refractivity contribution in [3.63, 3.8) is 0 Å². The van der Waals surface area contributed by atoms with Gasteiger partial charge in [0.15, 0.2) is 0 Å². The molecule has 0 aromatic carbocycles. The maximum absolute atomic E-state index is 13.0. The first-order valence-electron chi connectivity index (χ1n) is 35.9. The number of nitrogens with zero attached hydrogens (tertiary/aromatic N) is 1. The number of carbonyl (C=O) groups excluding carboxylic acids is 1. The lowest BCUT2D eigenvalue weighted by Gasteiger charge is -2.25. The van der Waals surface area contributed by atoms with E-state index in [4.69, 9.17) is 9.05 Å². The summed E-state index contributed by atoms with van der Waals surface area (Å²) < 4.78 is 23.8. The Balaban J connectivity index is 4.25. The standard InChI is InChI=1S/C79H135N2O6P/c1-6-8-10-12-14-16-18-20-22-24-26-28-30-32-34-36-37-38-39-40-41-42-43-45-47-49-51-53-55-57-59-61-63-65-67-69-71-73-79(83)80-77(76-87-88(84,85)86-75-74-81(3,4)5)78(82)72-70-68-66-64-62-60-58-56-54-52-50-48-46-44-35-33-31-29-27-25-23-21-19-17-15-13-11-9-7-2/h8,10,14,16,20,22,26,28,32,34,37-38,40-41,43,45,49,51,55,57,61-64,70,72,77-78,82H,6-7,9,11-13,15,17-19,21,23-25,27,29-31,33,35-36,39,42,44,46-48,50,52-54,56,58-60,65-69,71,73-76H2,1-5H3,(H-,80,83,84,85)/p+1/b10-8-,16-14-,22-20-,28-26-,34-32-,38-37-,41-40-,45-43-,51-49-,57-55-,63-61-,64-62+,72-70+. The van der Waals surface area contributed by atoms with E-state index in [1.54, 1.807) is 6.08 Å². The average molecular weight is 1240 g/mol. The van der Waals surface area contributed by atoms with Crippen LogP contribution in [0.1, 0.15) is 284 Å². The van der Waals surface area contributed by atoms with Gasteiger partial charge in [-0.15, -0.1) is 0 Å². The van der Waals surface area contributed by atoms with Crippen molar-refractivity contribution in [1.29, 1.82) is 0 Å². The smallest absolute Gasteiger partial charge is 0.387 e. The highest BCUT2D eigenvalue weighted by Crippen LogP contribution is 2.43. The van der Waals surface area contributed by atoms with Crippen molar-refractivity contribution in [1.82, 2.24) is 5.32 Å². The predicted octanol–water partition coefficient (Wildman–Crippen LogP) is 23.3. The summed E-state index contributed by atoms with van der Waals surface area (Å²) >= 11 is 0. The maximum Gasteiger partial charge on any atom is 0.472 e. The fourth-order valence-electron chi connectivity index (χ4n) is 9.71. The molecule has 8 nitrogen and oxygen atoms in total. The maximum atomic E-state index is 13.0. The van der Waals surface area contributed by atoms with Crippen molar-refractivity contribution in [2.45, 2.75) is 296 Å². The van der Waals surface area contributed by atoms with Gasteiger partial charge in [0.2, 0.25) is 5.91 Å². The topological polar surface area (TPSA) is 105 Å². The molecule has 3 N–H and O–H groups in total. The highest BCUT2D eigenvalue weighted by atomic mass is 31.2. The molecule has 9 heteroatoms. The first-order chi connectivity index (χ1) is 43.0. The van der Waals surface area contributed by atoms with E-state index < -0.39 is 20.0 Å². The van der Waals surface area contributed by atoms with E-state index in [0.29, 0.717) is 23.9 Å². The van der Waals surface area contributed by atoms with E-state index in [1.807, 2.05) is 27.2 Å². The highest BCUT2D eigenvalue weighted by molar-refractivity contribution is 7.47. The Morgan fingerprint density at radius 3 is 1.05 bits per heavy atom. The molecular weight excluding hydrogens is 1100 g/mol. The van der Waals surface area contributed by atoms with Gasteiger partial charge in [-0.3, -0.25) is 13.8 Å². The summed E-state index contributed by atoms with van der Waals surface area (Å²) in [4.78, 5) is 23.4. The highest BCUT2D eigenvalue weighted by Gasteiger charge is 2.28. The Morgan fingerprint density at radius 2 is 0.693 bits per heavy atom. The van der Waals surface area contributed by atoms with Crippen molar-refractivity contribution in [3.05, 3.63) is 158 Å². The molecule has 0 aliphatic rings. The van der Waals surface area contributed by atoms with Gasteiger partial charge in [0, 0.05) is 6.42 Å². The van der Waals surface area contributed by atoms with Gasteiger partial charge in [-0.25, -0.2) is 4.57 Å². The zero-order valence-corrected chi connectivity index (χ0v) is 58.3. The van der Waals surface area contributed by atoms with Crippen LogP contribution < -0.4 is 5.32 Å². The molecule has 0 fully saturated rings. The molecule has 0 heterocycles. The number of unbranched alkanes of at least 4 members (excludes halogenated alkanes) is 27. The number of phosphoric ester groups is 1. The van der Waals surface area contributed by atoms with Crippen LogP contribution in [0.25, 0.3) is 0 Å². The van der Waals surface area contributed by atoms with Crippen molar-refractivity contribution in [2.24, 2.45) is 0 Å². The summed E-state index contributed by atoms with van der Waals surface area (Å²) in [6.45, 7) is 4.66. The number of amides is 1. The molecule has 0 bridgehead atoms. The van der Waals surface area contributed by atoms with Gasteiger partial charge in [0.05, 0.1) is 39.9 Å². The molecule has 0 rings (SSSR count). The minimum Gasteiger partial charge on any atom is -0.387 e. The van der Waals surface area contributed by atoms with E-state index in [9.17, 15) is 19.4 Å². The number of quaternary nitrogens is 1. The van der Waals surface area contributed by atoms with Gasteiger partial charge < -0.3 is 19.8 Å². The largest absolute Gasteiger partial charge is 0.472 e. The van der Waals surface area contributed by atoms with Crippen molar-refractivity contribution in [3.8, 4) is 0 Å². The van der Waals surface area contributed by atoms with Crippen LogP contribution in [0.3, 0.4) is 0 Å². The summed E-state index contributed by atoms with van der Waals surface area (Å²) in [7, 11) is 1.51. The second kappa shape index (κ2) is 67.5. The number of allylic oxidation sites excluding steroid dienone is 25. The van der Waals surface area contributed by atoms with E-state index in [-0.39, 0.29) is 19.1 Å². The molecule has 88 heavy (non-hydrogen) atoms. The lowest BCUT2D eigenvalue weighted by atomic mass is 10.0. The van der Waals surface area contributed by atoms with Crippen molar-refractivity contribution >= 4 is 13.7 Å². The average Bonchev–Trinajstić information content (AvgIpc) is 3.70. The van der Waals surface area contributed by atoms with Gasteiger partial charge in [-0.1, -0.05) is 320 Å².